The molecule has 0 saturated heterocycles. The quantitative estimate of drug-likeness (QED) is 0.445. The average Bonchev–Trinajstić information content (AvgIpc) is 2.37. The highest BCUT2D eigenvalue weighted by Crippen LogP contribution is 2.12. The summed E-state index contributed by atoms with van der Waals surface area (Å²) in [6.07, 6.45) is 0. The first-order chi connectivity index (χ1) is 10.00. The Labute approximate surface area is 141 Å². The maximum absolute atomic E-state index is 10.5. The average molecular weight is 380 g/mol. The molecule has 0 heterocycles. The van der Waals surface area contributed by atoms with Gasteiger partial charge in [-0.3, -0.25) is 9.11 Å². The van der Waals surface area contributed by atoms with Crippen LogP contribution in [0.3, 0.4) is 0 Å². The van der Waals surface area contributed by atoms with Crippen LogP contribution in [-0.4, -0.2) is 25.9 Å². The van der Waals surface area contributed by atoms with Gasteiger partial charge in [0.1, 0.15) is 0 Å². The fourth-order valence-electron chi connectivity index (χ4n) is 1.35. The Morgan fingerprint density at radius 1 is 0.696 bits per heavy atom. The van der Waals surface area contributed by atoms with Gasteiger partial charge >= 0.3 is 0 Å². The molecule has 0 unspecified atom stereocenters. The van der Waals surface area contributed by atoms with Crippen molar-refractivity contribution in [3.8, 4) is 0 Å². The first kappa shape index (κ1) is 21.2. The number of hydrogen-bond donors (Lipinski definition) is 4. The van der Waals surface area contributed by atoms with E-state index in [0.717, 1.165) is 0 Å². The van der Waals surface area contributed by atoms with Crippen LogP contribution < -0.4 is 11.5 Å². The summed E-state index contributed by atoms with van der Waals surface area (Å²) in [6, 6.07) is 10.9. The third-order valence-electron chi connectivity index (χ3n) is 2.31. The van der Waals surface area contributed by atoms with Gasteiger partial charge in [0.15, 0.2) is 0 Å². The molecule has 0 spiro atoms. The number of hydrogen-bond acceptors (Lipinski definition) is 6. The Kier molecular flexibility index (Phi) is 7.54. The van der Waals surface area contributed by atoms with Crippen molar-refractivity contribution in [3.05, 3.63) is 48.5 Å². The Bertz CT molecular complexity index is 792. The zero-order valence-corrected chi connectivity index (χ0v) is 14.3. The van der Waals surface area contributed by atoms with Gasteiger partial charge in [0.25, 0.3) is 20.2 Å². The van der Waals surface area contributed by atoms with Gasteiger partial charge in [0, 0.05) is 11.4 Å². The van der Waals surface area contributed by atoms with E-state index < -0.39 is 20.2 Å². The van der Waals surface area contributed by atoms with Gasteiger partial charge in [-0.2, -0.15) is 30.3 Å². The second-order valence-corrected chi connectivity index (χ2v) is 6.94. The van der Waals surface area contributed by atoms with E-state index >= 15 is 0 Å². The molecule has 2 aromatic rings. The van der Waals surface area contributed by atoms with Crippen LogP contribution in [0.4, 0.5) is 11.4 Å². The van der Waals surface area contributed by atoms with Crippen molar-refractivity contribution in [2.24, 2.45) is 0 Å². The molecule has 2 rings (SSSR count). The normalized spacial score (nSPS) is 10.9. The Morgan fingerprint density at radius 3 is 1.17 bits per heavy atom. The molecule has 11 heteroatoms. The van der Waals surface area contributed by atoms with Crippen LogP contribution in [0.1, 0.15) is 0 Å². The van der Waals surface area contributed by atoms with Crippen molar-refractivity contribution in [2.45, 2.75) is 9.79 Å². The van der Waals surface area contributed by atoms with E-state index in [1.54, 1.807) is 0 Å². The molecule has 0 fully saturated rings. The van der Waals surface area contributed by atoms with Gasteiger partial charge in [-0.1, -0.05) is 12.1 Å². The molecule has 6 N–H and O–H groups in total. The summed E-state index contributed by atoms with van der Waals surface area (Å²) in [5.74, 6) is 0. The Hall–Kier alpha value is -1.79. The van der Waals surface area contributed by atoms with Crippen LogP contribution >= 0.6 is 13.5 Å². The second kappa shape index (κ2) is 8.17. The van der Waals surface area contributed by atoms with Gasteiger partial charge in [0.05, 0.1) is 9.79 Å². The molecule has 0 bridgehead atoms. The van der Waals surface area contributed by atoms with Crippen LogP contribution in [0.25, 0.3) is 0 Å². The summed E-state index contributed by atoms with van der Waals surface area (Å²) in [5.41, 5.74) is 11.2. The van der Waals surface area contributed by atoms with Crippen LogP contribution in [0.2, 0.25) is 0 Å². The number of benzene rings is 2. The first-order valence-corrected chi connectivity index (χ1v) is 8.54. The maximum atomic E-state index is 10.5. The van der Waals surface area contributed by atoms with E-state index in [1.807, 2.05) is 0 Å². The maximum Gasteiger partial charge on any atom is 0.294 e. The molecule has 23 heavy (non-hydrogen) atoms. The predicted molar refractivity (Wildman–Crippen MR) is 91.7 cm³/mol. The lowest BCUT2D eigenvalue weighted by molar-refractivity contribution is 0.481. The lowest BCUT2D eigenvalue weighted by atomic mass is 10.3. The zero-order valence-electron chi connectivity index (χ0n) is 11.6. The smallest absolute Gasteiger partial charge is 0.294 e. The minimum absolute atomic E-state index is 0. The summed E-state index contributed by atoms with van der Waals surface area (Å²) < 4.78 is 59.0. The minimum atomic E-state index is -4.11. The summed E-state index contributed by atoms with van der Waals surface area (Å²) in [7, 11) is -8.21. The summed E-state index contributed by atoms with van der Waals surface area (Å²) >= 11 is 0. The number of rotatable bonds is 2. The Balaban J connectivity index is 0.000000403. The molecular weight excluding hydrogens is 364 g/mol. The molecule has 8 nitrogen and oxygen atoms in total. The number of nitrogens with two attached hydrogens (primary N) is 2. The van der Waals surface area contributed by atoms with Gasteiger partial charge < -0.3 is 11.5 Å². The van der Waals surface area contributed by atoms with Crippen molar-refractivity contribution in [3.63, 3.8) is 0 Å². The monoisotopic (exact) mass is 380 g/mol. The number of nitrogen functional groups attached to an aromatic ring is 2. The van der Waals surface area contributed by atoms with Gasteiger partial charge in [-0.05, 0) is 36.4 Å². The van der Waals surface area contributed by atoms with E-state index in [2.05, 4.69) is 0 Å². The molecule has 128 valence electrons. The molecule has 0 aromatic heterocycles. The summed E-state index contributed by atoms with van der Waals surface area (Å²) in [6.45, 7) is 0. The third kappa shape index (κ3) is 7.34. The molecule has 2 aromatic carbocycles. The highest BCUT2D eigenvalue weighted by atomic mass is 32.2. The Morgan fingerprint density at radius 2 is 1.00 bits per heavy atom. The SMILES string of the molecule is Nc1cccc(S(=O)(=O)O)c1.Nc1cccc(S(=O)(=O)O)c1.S. The van der Waals surface area contributed by atoms with Gasteiger partial charge in [0.2, 0.25) is 0 Å². The third-order valence-corrected chi connectivity index (χ3v) is 4.01. The molecule has 0 aliphatic rings. The molecule has 0 radical (unpaired) electrons. The second-order valence-electron chi connectivity index (χ2n) is 4.10. The molecule has 0 atom stereocenters. The van der Waals surface area contributed by atoms with Crippen molar-refractivity contribution < 1.29 is 25.9 Å². The number of anilines is 2. The molecule has 0 aliphatic carbocycles. The predicted octanol–water partition coefficient (Wildman–Crippen LogP) is 1.14. The minimum Gasteiger partial charge on any atom is -0.399 e. The molecular formula is C12H16N2O6S3. The van der Waals surface area contributed by atoms with Crippen molar-refractivity contribution in [1.29, 1.82) is 0 Å². The van der Waals surface area contributed by atoms with Crippen LogP contribution in [0.15, 0.2) is 58.3 Å². The highest BCUT2D eigenvalue weighted by molar-refractivity contribution is 7.86. The van der Waals surface area contributed by atoms with Gasteiger partial charge in [-0.25, -0.2) is 0 Å². The van der Waals surface area contributed by atoms with E-state index in [-0.39, 0.29) is 23.3 Å². The molecule has 0 amide bonds. The van der Waals surface area contributed by atoms with E-state index in [1.165, 1.54) is 48.5 Å². The largest absolute Gasteiger partial charge is 0.399 e. The zero-order chi connectivity index (χ0) is 17.0. The topological polar surface area (TPSA) is 161 Å². The van der Waals surface area contributed by atoms with Gasteiger partial charge in [-0.15, -0.1) is 0 Å². The van der Waals surface area contributed by atoms with Crippen LogP contribution in [0.5, 0.6) is 0 Å². The van der Waals surface area contributed by atoms with E-state index in [0.29, 0.717) is 11.4 Å². The highest BCUT2D eigenvalue weighted by Gasteiger charge is 2.08. The fourth-order valence-corrected chi connectivity index (χ4v) is 2.42. The van der Waals surface area contributed by atoms with E-state index in [9.17, 15) is 16.8 Å². The van der Waals surface area contributed by atoms with Crippen molar-refractivity contribution in [1.82, 2.24) is 0 Å². The molecule has 0 saturated carbocycles. The van der Waals surface area contributed by atoms with Crippen LogP contribution in [0, 0.1) is 0 Å². The van der Waals surface area contributed by atoms with E-state index in [4.69, 9.17) is 20.6 Å². The standard InChI is InChI=1S/2C6H7NO3S.H2S/c2*7-5-2-1-3-6(4-5)11(8,9)10;/h2*1-4H,7H2,(H,8,9,10);1H2. The summed E-state index contributed by atoms with van der Waals surface area (Å²) in [5, 5.41) is 0. The fraction of sp³-hybridized carbons (Fsp3) is 0. The summed E-state index contributed by atoms with van der Waals surface area (Å²) in [4.78, 5) is -0.366. The lowest BCUT2D eigenvalue weighted by Crippen LogP contribution is -1.98. The van der Waals surface area contributed by atoms with Crippen molar-refractivity contribution >= 4 is 45.1 Å². The molecule has 0 aliphatic heterocycles. The lowest BCUT2D eigenvalue weighted by Gasteiger charge is -1.96. The first-order valence-electron chi connectivity index (χ1n) is 5.66. The van der Waals surface area contributed by atoms with Crippen LogP contribution in [-0.2, 0) is 20.2 Å². The van der Waals surface area contributed by atoms with Crippen molar-refractivity contribution in [2.75, 3.05) is 11.5 Å².